The van der Waals surface area contributed by atoms with Crippen molar-refractivity contribution in [3.8, 4) is 5.75 Å². The van der Waals surface area contributed by atoms with Crippen LogP contribution in [0.2, 0.25) is 0 Å². The molecule has 0 radical (unpaired) electrons. The molecule has 3 heterocycles. The van der Waals surface area contributed by atoms with E-state index >= 15 is 0 Å². The molecule has 0 aliphatic carbocycles. The number of benzene rings is 1. The number of fused-ring (bicyclic) bond motifs is 1. The number of aromatic nitrogens is 3. The SMILES string of the molecule is CCOc1cccc2sc(N3CCN(c4ccc(=O)n(C)n4)CC3)nc12. The van der Waals surface area contributed by atoms with Crippen molar-refractivity contribution in [3.05, 3.63) is 40.7 Å². The van der Waals surface area contributed by atoms with Crippen LogP contribution >= 0.6 is 11.3 Å². The molecule has 0 spiro atoms. The van der Waals surface area contributed by atoms with Gasteiger partial charge in [0.1, 0.15) is 17.1 Å². The fraction of sp³-hybridized carbons (Fsp3) is 0.389. The van der Waals surface area contributed by atoms with Gasteiger partial charge in [-0.25, -0.2) is 9.67 Å². The smallest absolute Gasteiger partial charge is 0.266 e. The summed E-state index contributed by atoms with van der Waals surface area (Å²) in [5.74, 6) is 1.69. The Balaban J connectivity index is 1.51. The molecule has 1 saturated heterocycles. The normalized spacial score (nSPS) is 14.8. The first-order valence-corrected chi connectivity index (χ1v) is 9.54. The number of hydrogen-bond donors (Lipinski definition) is 0. The first-order chi connectivity index (χ1) is 12.7. The third kappa shape index (κ3) is 3.12. The molecule has 1 aliphatic heterocycles. The van der Waals surface area contributed by atoms with Gasteiger partial charge in [-0.05, 0) is 25.1 Å². The van der Waals surface area contributed by atoms with Crippen LogP contribution in [0, 0.1) is 0 Å². The monoisotopic (exact) mass is 371 g/mol. The van der Waals surface area contributed by atoms with Crippen LogP contribution in [0.5, 0.6) is 5.75 Å². The highest BCUT2D eigenvalue weighted by molar-refractivity contribution is 7.22. The van der Waals surface area contributed by atoms with Crippen molar-refractivity contribution >= 4 is 32.5 Å². The lowest BCUT2D eigenvalue weighted by molar-refractivity contribution is 0.344. The molecule has 136 valence electrons. The lowest BCUT2D eigenvalue weighted by atomic mass is 10.3. The van der Waals surface area contributed by atoms with Crippen LogP contribution in [0.3, 0.4) is 0 Å². The van der Waals surface area contributed by atoms with E-state index in [1.54, 1.807) is 30.5 Å². The molecular formula is C18H21N5O2S. The number of hydrogen-bond acceptors (Lipinski definition) is 7. The zero-order valence-electron chi connectivity index (χ0n) is 14.9. The minimum Gasteiger partial charge on any atom is -0.492 e. The molecule has 0 unspecified atom stereocenters. The Bertz CT molecular complexity index is 975. The number of thiazole rings is 1. The summed E-state index contributed by atoms with van der Waals surface area (Å²) in [6.45, 7) is 6.05. The third-order valence-corrected chi connectivity index (χ3v) is 5.57. The van der Waals surface area contributed by atoms with Crippen molar-refractivity contribution in [2.24, 2.45) is 7.05 Å². The van der Waals surface area contributed by atoms with E-state index in [1.165, 1.54) is 4.68 Å². The molecule has 1 fully saturated rings. The van der Waals surface area contributed by atoms with Gasteiger partial charge in [-0.15, -0.1) is 0 Å². The van der Waals surface area contributed by atoms with Gasteiger partial charge < -0.3 is 14.5 Å². The van der Waals surface area contributed by atoms with E-state index in [1.807, 2.05) is 19.1 Å². The summed E-state index contributed by atoms with van der Waals surface area (Å²) in [5.41, 5.74) is 0.850. The molecule has 0 bridgehead atoms. The van der Waals surface area contributed by atoms with Crippen LogP contribution in [-0.4, -0.2) is 47.6 Å². The van der Waals surface area contributed by atoms with Crippen molar-refractivity contribution in [1.82, 2.24) is 14.8 Å². The lowest BCUT2D eigenvalue weighted by Gasteiger charge is -2.35. The minimum absolute atomic E-state index is 0.0908. The van der Waals surface area contributed by atoms with Crippen LogP contribution in [0.1, 0.15) is 6.92 Å². The second kappa shape index (κ2) is 6.95. The zero-order valence-corrected chi connectivity index (χ0v) is 15.7. The number of rotatable bonds is 4. The summed E-state index contributed by atoms with van der Waals surface area (Å²) in [4.78, 5) is 20.8. The molecule has 0 saturated carbocycles. The molecule has 2 aromatic heterocycles. The molecule has 1 aliphatic rings. The largest absolute Gasteiger partial charge is 0.492 e. The molecule has 26 heavy (non-hydrogen) atoms. The number of nitrogens with zero attached hydrogens (tertiary/aromatic N) is 5. The van der Waals surface area contributed by atoms with Crippen molar-refractivity contribution in [3.63, 3.8) is 0 Å². The Labute approximate surface area is 155 Å². The minimum atomic E-state index is -0.0908. The van der Waals surface area contributed by atoms with Crippen molar-refractivity contribution in [1.29, 1.82) is 0 Å². The Morgan fingerprint density at radius 2 is 1.88 bits per heavy atom. The van der Waals surface area contributed by atoms with Crippen molar-refractivity contribution in [2.45, 2.75) is 6.92 Å². The summed E-state index contributed by atoms with van der Waals surface area (Å²) in [6.07, 6.45) is 0. The quantitative estimate of drug-likeness (QED) is 0.700. The van der Waals surface area contributed by atoms with Gasteiger partial charge in [0.05, 0.1) is 11.3 Å². The highest BCUT2D eigenvalue weighted by Gasteiger charge is 2.21. The van der Waals surface area contributed by atoms with E-state index in [2.05, 4.69) is 21.0 Å². The zero-order chi connectivity index (χ0) is 18.1. The molecule has 8 heteroatoms. The standard InChI is InChI=1S/C18H21N5O2S/c1-3-25-13-5-4-6-14-17(13)19-18(26-14)23-11-9-22(10-12-23)15-7-8-16(24)21(2)20-15/h4-8H,3,9-12H2,1-2H3. The van der Waals surface area contributed by atoms with E-state index < -0.39 is 0 Å². The fourth-order valence-electron chi connectivity index (χ4n) is 3.10. The van der Waals surface area contributed by atoms with Crippen molar-refractivity contribution in [2.75, 3.05) is 42.6 Å². The Morgan fingerprint density at radius 1 is 1.12 bits per heavy atom. The van der Waals surface area contributed by atoms with Gasteiger partial charge in [0, 0.05) is 39.3 Å². The highest BCUT2D eigenvalue weighted by Crippen LogP contribution is 2.34. The van der Waals surface area contributed by atoms with Gasteiger partial charge in [0.15, 0.2) is 5.13 Å². The first kappa shape index (κ1) is 16.8. The van der Waals surface area contributed by atoms with Crippen LogP contribution < -0.4 is 20.1 Å². The van der Waals surface area contributed by atoms with Gasteiger partial charge in [0.25, 0.3) is 5.56 Å². The molecule has 0 amide bonds. The van der Waals surface area contributed by atoms with Crippen LogP contribution in [0.25, 0.3) is 10.2 Å². The maximum Gasteiger partial charge on any atom is 0.266 e. The third-order valence-electron chi connectivity index (χ3n) is 4.49. The van der Waals surface area contributed by atoms with E-state index in [-0.39, 0.29) is 5.56 Å². The van der Waals surface area contributed by atoms with Crippen LogP contribution in [-0.2, 0) is 7.05 Å². The Hall–Kier alpha value is -2.61. The second-order valence-electron chi connectivity index (χ2n) is 6.16. The van der Waals surface area contributed by atoms with Gasteiger partial charge in [0.2, 0.25) is 0 Å². The molecule has 4 rings (SSSR count). The van der Waals surface area contributed by atoms with E-state index in [0.717, 1.165) is 53.1 Å². The van der Waals surface area contributed by atoms with Crippen LogP contribution in [0.4, 0.5) is 10.9 Å². The number of anilines is 2. The van der Waals surface area contributed by atoms with E-state index in [9.17, 15) is 4.79 Å². The molecule has 7 nitrogen and oxygen atoms in total. The summed E-state index contributed by atoms with van der Waals surface area (Å²) in [5, 5.41) is 5.37. The molecule has 0 atom stereocenters. The number of aryl methyl sites for hydroxylation is 1. The maximum atomic E-state index is 11.5. The van der Waals surface area contributed by atoms with E-state index in [0.29, 0.717) is 6.61 Å². The summed E-state index contributed by atoms with van der Waals surface area (Å²) >= 11 is 1.70. The average molecular weight is 371 g/mol. The number of ether oxygens (including phenoxy) is 1. The lowest BCUT2D eigenvalue weighted by Crippen LogP contribution is -2.47. The second-order valence-corrected chi connectivity index (χ2v) is 7.17. The fourth-order valence-corrected chi connectivity index (χ4v) is 4.14. The Morgan fingerprint density at radius 3 is 2.62 bits per heavy atom. The van der Waals surface area contributed by atoms with Gasteiger partial charge in [-0.2, -0.15) is 5.10 Å². The van der Waals surface area contributed by atoms with Gasteiger partial charge >= 0.3 is 0 Å². The van der Waals surface area contributed by atoms with Crippen molar-refractivity contribution < 1.29 is 4.74 Å². The average Bonchev–Trinajstić information content (AvgIpc) is 3.10. The number of piperazine rings is 1. The Kier molecular flexibility index (Phi) is 4.50. The predicted molar refractivity (Wildman–Crippen MR) is 105 cm³/mol. The molecule has 0 N–H and O–H groups in total. The van der Waals surface area contributed by atoms with Crippen LogP contribution in [0.15, 0.2) is 35.1 Å². The molecule has 3 aromatic rings. The first-order valence-electron chi connectivity index (χ1n) is 8.72. The number of para-hydroxylation sites is 1. The summed E-state index contributed by atoms with van der Waals surface area (Å²) in [7, 11) is 1.68. The van der Waals surface area contributed by atoms with Gasteiger partial charge in [-0.3, -0.25) is 4.79 Å². The predicted octanol–water partition coefficient (Wildman–Crippen LogP) is 2.12. The molecule has 1 aromatic carbocycles. The summed E-state index contributed by atoms with van der Waals surface area (Å²) < 4.78 is 8.22. The topological polar surface area (TPSA) is 63.5 Å². The maximum absolute atomic E-state index is 11.5. The summed E-state index contributed by atoms with van der Waals surface area (Å²) in [6, 6.07) is 9.43. The van der Waals surface area contributed by atoms with E-state index in [4.69, 9.17) is 9.72 Å². The molecular weight excluding hydrogens is 350 g/mol. The highest BCUT2D eigenvalue weighted by atomic mass is 32.1. The van der Waals surface area contributed by atoms with Gasteiger partial charge in [-0.1, -0.05) is 17.4 Å².